The van der Waals surface area contributed by atoms with Crippen molar-refractivity contribution >= 4 is 9.84 Å². The molecule has 1 fully saturated rings. The second-order valence-electron chi connectivity index (χ2n) is 2.31. The summed E-state index contributed by atoms with van der Waals surface area (Å²) >= 11 is 0. The Kier molecular flexibility index (Phi) is 10.1. The Morgan fingerprint density at radius 1 is 1.42 bits per heavy atom. The monoisotopic (exact) mass is 703 g/mol. The van der Waals surface area contributed by atoms with Gasteiger partial charge in [0.25, 0.3) is 0 Å². The van der Waals surface area contributed by atoms with Crippen molar-refractivity contribution in [3.8, 4) is 0 Å². The number of sulfone groups is 1. The molecule has 0 aromatic heterocycles. The molecule has 1 aliphatic heterocycles. The second-order valence-corrected chi connectivity index (χ2v) is 4.43. The quantitative estimate of drug-likeness (QED) is 0.282. The zero-order valence-electron chi connectivity index (χ0n) is 6.84. The molecule has 1 rings (SSSR count). The van der Waals surface area contributed by atoms with Crippen LogP contribution in [0.3, 0.4) is 0 Å². The van der Waals surface area contributed by atoms with E-state index in [2.05, 4.69) is 0 Å². The van der Waals surface area contributed by atoms with E-state index in [1.165, 1.54) is 5.75 Å². The fraction of sp³-hybridized carbons (Fsp3) is 0.667. The van der Waals surface area contributed by atoms with Crippen LogP contribution in [-0.4, -0.2) is 8.42 Å². The second kappa shape index (κ2) is 6.72. The SMILES string of the molecule is C[C-]1CCC[CH-]S1(=O)=O.[Re].[Rf].[Rh]. The summed E-state index contributed by atoms with van der Waals surface area (Å²) in [5.74, 6) is 1.41. The first-order valence-corrected chi connectivity index (χ1v) is 4.58. The molecule has 0 spiro atoms. The van der Waals surface area contributed by atoms with Crippen molar-refractivity contribution in [2.75, 3.05) is 0 Å². The van der Waals surface area contributed by atoms with Crippen molar-refractivity contribution in [1.29, 1.82) is 0 Å². The molecular weight excluding hydrogens is 692 g/mol. The van der Waals surface area contributed by atoms with Gasteiger partial charge in [0.1, 0.15) is 0 Å². The first-order chi connectivity index (χ1) is 4.13. The summed E-state index contributed by atoms with van der Waals surface area (Å²) in [6, 6.07) is 0. The third-order valence-corrected chi connectivity index (χ3v) is 3.41. The molecule has 0 atom stereocenters. The Morgan fingerprint density at radius 2 is 1.92 bits per heavy atom. The van der Waals surface area contributed by atoms with Gasteiger partial charge in [0.05, 0.1) is 0 Å². The van der Waals surface area contributed by atoms with Crippen LogP contribution in [0.4, 0.5) is 0 Å². The van der Waals surface area contributed by atoms with Crippen LogP contribution in [0.2, 0.25) is 0 Å². The van der Waals surface area contributed by atoms with Crippen LogP contribution in [0.15, 0.2) is 0 Å². The first-order valence-electron chi connectivity index (χ1n) is 3.03. The van der Waals surface area contributed by atoms with Gasteiger partial charge >= 0.3 is 0 Å². The minimum Gasteiger partial charge on any atom is -0.294 e. The average molecular weight is 702 g/mol. The number of hydrogen-bond acceptors (Lipinski definition) is 2. The van der Waals surface area contributed by atoms with E-state index >= 15 is 0 Å². The Balaban J connectivity index is -0.000000270. The van der Waals surface area contributed by atoms with Crippen LogP contribution >= 0.6 is 0 Å². The predicted molar refractivity (Wildman–Crippen MR) is 36.0 cm³/mol. The maximum atomic E-state index is 10.9. The standard InChI is InChI=1S/C6H10O2S.Re.Rf.Rh/c1-6-4-2-3-5-9(6,7)8;;;/h5H,2-4H2,1H3;;;/q-2;;;. The van der Waals surface area contributed by atoms with E-state index in [-0.39, 0.29) is 39.9 Å². The fourth-order valence-electron chi connectivity index (χ4n) is 0.874. The van der Waals surface area contributed by atoms with Gasteiger partial charge in [0.2, 0.25) is 0 Å². The summed E-state index contributed by atoms with van der Waals surface area (Å²) in [5.41, 5.74) is 0. The molecule has 2 radical (unpaired) electrons. The molecule has 2 nitrogen and oxygen atoms in total. The summed E-state index contributed by atoms with van der Waals surface area (Å²) < 4.78 is 21.8. The Morgan fingerprint density at radius 3 is 2.17 bits per heavy atom. The Bertz CT molecular complexity index is 196. The molecule has 0 aromatic rings. The summed E-state index contributed by atoms with van der Waals surface area (Å²) in [4.78, 5) is 0. The van der Waals surface area contributed by atoms with E-state index in [0.29, 0.717) is 5.25 Å². The smallest absolute Gasteiger partial charge is 0 e. The molecule has 12 heavy (non-hydrogen) atoms. The molecule has 1 aliphatic rings. The first kappa shape index (κ1) is 18.1. The Labute approximate surface area is 94.8 Å². The number of hydrogen-bond donors (Lipinski definition) is 0. The minimum atomic E-state index is -2.87. The predicted octanol–water partition coefficient (Wildman–Crippen LogP) is 1.29. The van der Waals surface area contributed by atoms with E-state index in [9.17, 15) is 8.42 Å². The van der Waals surface area contributed by atoms with Crippen molar-refractivity contribution in [3.63, 3.8) is 0 Å². The van der Waals surface area contributed by atoms with Crippen molar-refractivity contribution in [1.82, 2.24) is 0 Å². The topological polar surface area (TPSA) is 34.1 Å². The summed E-state index contributed by atoms with van der Waals surface area (Å²) in [6.45, 7) is 1.69. The van der Waals surface area contributed by atoms with Gasteiger partial charge in [0.15, 0.2) is 0 Å². The van der Waals surface area contributed by atoms with Crippen molar-refractivity contribution in [2.45, 2.75) is 26.2 Å². The third-order valence-electron chi connectivity index (χ3n) is 1.56. The van der Waals surface area contributed by atoms with E-state index in [1.54, 1.807) is 6.92 Å². The van der Waals surface area contributed by atoms with E-state index in [4.69, 9.17) is 0 Å². The third kappa shape index (κ3) is 4.31. The summed E-state index contributed by atoms with van der Waals surface area (Å²) in [5, 5.41) is 0.619. The van der Waals surface area contributed by atoms with Crippen molar-refractivity contribution in [2.24, 2.45) is 0 Å². The van der Waals surface area contributed by atoms with Gasteiger partial charge in [-0.15, -0.1) is 16.3 Å². The van der Waals surface area contributed by atoms with Crippen LogP contribution in [0.25, 0.3) is 0 Å². The van der Waals surface area contributed by atoms with Crippen molar-refractivity contribution < 1.29 is 48.3 Å². The van der Waals surface area contributed by atoms with E-state index < -0.39 is 9.84 Å². The van der Waals surface area contributed by atoms with Gasteiger partial charge in [-0.05, 0) is 0 Å². The molecule has 0 saturated carbocycles. The molecule has 0 N–H and O–H groups in total. The zero-order valence-corrected chi connectivity index (χ0v) is 18.4. The maximum Gasteiger partial charge on any atom is 0 e. The van der Waals surface area contributed by atoms with Gasteiger partial charge in [-0.3, -0.25) is 8.42 Å². The van der Waals surface area contributed by atoms with Gasteiger partial charge in [-0.25, -0.2) is 11.0 Å². The fourth-order valence-corrected chi connectivity index (χ4v) is 2.06. The van der Waals surface area contributed by atoms with Gasteiger partial charge < -0.3 is 0 Å². The van der Waals surface area contributed by atoms with Crippen LogP contribution in [0.1, 0.15) is 26.2 Å². The van der Waals surface area contributed by atoms with E-state index in [0.717, 1.165) is 19.3 Å². The molecule has 0 bridgehead atoms. The van der Waals surface area contributed by atoms with Crippen LogP contribution < -0.4 is 0 Å². The molecule has 1 saturated heterocycles. The molecule has 0 amide bonds. The molecule has 0 unspecified atom stereocenters. The Hall–Kier alpha value is 0.236. The van der Waals surface area contributed by atoms with Crippen molar-refractivity contribution in [3.05, 3.63) is 11.0 Å². The largest absolute Gasteiger partial charge is 0.294 e. The van der Waals surface area contributed by atoms with E-state index in [1.807, 2.05) is 0 Å². The molecule has 72 valence electrons. The van der Waals surface area contributed by atoms with Crippen LogP contribution in [0, 0.1) is 11.0 Å². The molecule has 1 heterocycles. The van der Waals surface area contributed by atoms with Gasteiger partial charge in [-0.1, -0.05) is 0 Å². The van der Waals surface area contributed by atoms with Crippen LogP contribution in [-0.2, 0) is 49.7 Å². The van der Waals surface area contributed by atoms with Gasteiger partial charge in [0, 0.05) is 39.9 Å². The normalized spacial score (nSPS) is 21.1. The molecule has 0 aromatic carbocycles. The summed E-state index contributed by atoms with van der Waals surface area (Å²) in [7, 11) is -2.87. The summed E-state index contributed by atoms with van der Waals surface area (Å²) in [6.07, 6.45) is 2.46. The maximum absolute atomic E-state index is 10.9. The molecular formula is C6H10O2ReRfRhS-2. The minimum absolute atomic E-state index is 0. The van der Waals surface area contributed by atoms with Gasteiger partial charge in [-0.2, -0.15) is 19.8 Å². The average Bonchev–Trinajstić information content (AvgIpc) is 1.77. The number of rotatable bonds is 0. The molecule has 0 aliphatic carbocycles. The molecule has 6 heteroatoms. The zero-order chi connectivity index (χ0) is 6.91. The van der Waals surface area contributed by atoms with Crippen LogP contribution in [0.5, 0.6) is 0 Å².